The standard InChI is InChI=1S/C11H10ClN3O3/c12-7-1-2-8(10(16)3-7)9(11(17)18)4-15-6-13-5-14-15/h1-3,5-6,9,16H,4H2,(H,17,18). The van der Waals surface area contributed by atoms with E-state index >= 15 is 0 Å². The predicted molar refractivity (Wildman–Crippen MR) is 63.5 cm³/mol. The van der Waals surface area contributed by atoms with Gasteiger partial charge in [-0.25, -0.2) is 4.98 Å². The molecule has 0 aliphatic rings. The van der Waals surface area contributed by atoms with Crippen molar-refractivity contribution in [3.63, 3.8) is 0 Å². The van der Waals surface area contributed by atoms with Crippen LogP contribution in [-0.2, 0) is 11.3 Å². The summed E-state index contributed by atoms with van der Waals surface area (Å²) in [5, 5.41) is 23.2. The van der Waals surface area contributed by atoms with E-state index in [1.54, 1.807) is 0 Å². The Morgan fingerprint density at radius 1 is 1.50 bits per heavy atom. The van der Waals surface area contributed by atoms with Gasteiger partial charge >= 0.3 is 5.97 Å². The van der Waals surface area contributed by atoms with E-state index in [4.69, 9.17) is 11.6 Å². The van der Waals surface area contributed by atoms with Gasteiger partial charge in [-0.1, -0.05) is 17.7 Å². The molecule has 94 valence electrons. The molecule has 0 saturated carbocycles. The van der Waals surface area contributed by atoms with Crippen molar-refractivity contribution < 1.29 is 15.0 Å². The van der Waals surface area contributed by atoms with Crippen LogP contribution in [0.1, 0.15) is 11.5 Å². The van der Waals surface area contributed by atoms with E-state index in [2.05, 4.69) is 10.1 Å². The number of aliphatic carboxylic acids is 1. The Morgan fingerprint density at radius 2 is 2.28 bits per heavy atom. The van der Waals surface area contributed by atoms with Gasteiger partial charge in [-0.2, -0.15) is 5.10 Å². The van der Waals surface area contributed by atoms with Crippen LogP contribution in [0.3, 0.4) is 0 Å². The van der Waals surface area contributed by atoms with E-state index in [-0.39, 0.29) is 12.3 Å². The molecule has 0 spiro atoms. The highest BCUT2D eigenvalue weighted by molar-refractivity contribution is 6.30. The topological polar surface area (TPSA) is 88.2 Å². The van der Waals surface area contributed by atoms with Gasteiger partial charge in [-0.15, -0.1) is 0 Å². The highest BCUT2D eigenvalue weighted by Gasteiger charge is 2.23. The summed E-state index contributed by atoms with van der Waals surface area (Å²) in [4.78, 5) is 15.0. The van der Waals surface area contributed by atoms with Gasteiger partial charge in [0.25, 0.3) is 0 Å². The monoisotopic (exact) mass is 267 g/mol. The maximum Gasteiger partial charge on any atom is 0.313 e. The first-order valence-electron chi connectivity index (χ1n) is 5.11. The molecule has 18 heavy (non-hydrogen) atoms. The molecule has 0 bridgehead atoms. The molecule has 0 amide bonds. The van der Waals surface area contributed by atoms with Crippen LogP contribution in [0.2, 0.25) is 5.02 Å². The lowest BCUT2D eigenvalue weighted by molar-refractivity contribution is -0.139. The molecule has 0 saturated heterocycles. The fourth-order valence-electron chi connectivity index (χ4n) is 1.64. The third-order valence-corrected chi connectivity index (χ3v) is 2.74. The minimum absolute atomic E-state index is 0.0878. The van der Waals surface area contributed by atoms with Crippen molar-refractivity contribution in [2.24, 2.45) is 0 Å². The molecule has 1 aromatic heterocycles. The maximum atomic E-state index is 11.3. The molecule has 1 aromatic carbocycles. The second-order valence-corrected chi connectivity index (χ2v) is 4.15. The van der Waals surface area contributed by atoms with Gasteiger partial charge in [0.1, 0.15) is 24.3 Å². The quantitative estimate of drug-likeness (QED) is 0.876. The molecular weight excluding hydrogens is 258 g/mol. The summed E-state index contributed by atoms with van der Waals surface area (Å²) in [6.45, 7) is 0.0878. The normalized spacial score (nSPS) is 12.3. The predicted octanol–water partition coefficient (Wildman–Crippen LogP) is 1.51. The summed E-state index contributed by atoms with van der Waals surface area (Å²) in [6.07, 6.45) is 2.74. The van der Waals surface area contributed by atoms with Gasteiger partial charge in [-0.3, -0.25) is 9.48 Å². The fraction of sp³-hybridized carbons (Fsp3) is 0.182. The van der Waals surface area contributed by atoms with Gasteiger partial charge < -0.3 is 10.2 Å². The second-order valence-electron chi connectivity index (χ2n) is 3.71. The highest BCUT2D eigenvalue weighted by atomic mass is 35.5. The Balaban J connectivity index is 2.32. The number of nitrogens with zero attached hydrogens (tertiary/aromatic N) is 3. The Hall–Kier alpha value is -2.08. The summed E-state index contributed by atoms with van der Waals surface area (Å²) < 4.78 is 1.40. The molecule has 2 aromatic rings. The number of phenols is 1. The van der Waals surface area contributed by atoms with Crippen LogP contribution in [0.5, 0.6) is 5.75 Å². The molecule has 2 N–H and O–H groups in total. The van der Waals surface area contributed by atoms with Crippen LogP contribution < -0.4 is 0 Å². The van der Waals surface area contributed by atoms with Crippen LogP contribution in [0, 0.1) is 0 Å². The number of carboxylic acid groups (broad SMARTS) is 1. The van der Waals surface area contributed by atoms with E-state index < -0.39 is 11.9 Å². The van der Waals surface area contributed by atoms with Crippen LogP contribution in [0.15, 0.2) is 30.9 Å². The number of aromatic hydroxyl groups is 1. The molecule has 2 rings (SSSR count). The number of aromatic nitrogens is 3. The summed E-state index contributed by atoms with van der Waals surface area (Å²) >= 11 is 5.71. The zero-order chi connectivity index (χ0) is 13.1. The lowest BCUT2D eigenvalue weighted by atomic mass is 9.98. The van der Waals surface area contributed by atoms with E-state index in [1.165, 1.54) is 35.5 Å². The summed E-state index contributed by atoms with van der Waals surface area (Å²) in [6, 6.07) is 4.34. The molecule has 0 aliphatic carbocycles. The number of benzene rings is 1. The number of halogens is 1. The van der Waals surface area contributed by atoms with Crippen LogP contribution >= 0.6 is 11.6 Å². The van der Waals surface area contributed by atoms with Crippen molar-refractivity contribution in [3.8, 4) is 5.75 Å². The first kappa shape index (κ1) is 12.4. The lowest BCUT2D eigenvalue weighted by Gasteiger charge is -2.14. The summed E-state index contributed by atoms with van der Waals surface area (Å²) in [7, 11) is 0. The average Bonchev–Trinajstić information content (AvgIpc) is 2.79. The minimum Gasteiger partial charge on any atom is -0.508 e. The third kappa shape index (κ3) is 2.60. The maximum absolute atomic E-state index is 11.3. The van der Waals surface area contributed by atoms with Crippen molar-refractivity contribution in [1.82, 2.24) is 14.8 Å². The van der Waals surface area contributed by atoms with Crippen molar-refractivity contribution in [1.29, 1.82) is 0 Å². The molecule has 1 atom stereocenters. The number of hydrogen-bond acceptors (Lipinski definition) is 4. The summed E-state index contributed by atoms with van der Waals surface area (Å²) in [5.74, 6) is -2.11. The van der Waals surface area contributed by atoms with Gasteiger partial charge in [0, 0.05) is 10.6 Å². The van der Waals surface area contributed by atoms with E-state index in [0.717, 1.165) is 0 Å². The first-order chi connectivity index (χ1) is 8.58. The second kappa shape index (κ2) is 5.05. The van der Waals surface area contributed by atoms with E-state index in [0.29, 0.717) is 10.6 Å². The van der Waals surface area contributed by atoms with Crippen LogP contribution in [-0.4, -0.2) is 30.9 Å². The smallest absolute Gasteiger partial charge is 0.313 e. The van der Waals surface area contributed by atoms with Crippen molar-refractivity contribution in [2.45, 2.75) is 12.5 Å². The third-order valence-electron chi connectivity index (χ3n) is 2.50. The Bertz CT molecular complexity index is 557. The largest absolute Gasteiger partial charge is 0.508 e. The number of carboxylic acids is 1. The van der Waals surface area contributed by atoms with E-state index in [9.17, 15) is 15.0 Å². The van der Waals surface area contributed by atoms with Gasteiger partial charge in [0.05, 0.1) is 6.54 Å². The van der Waals surface area contributed by atoms with Gasteiger partial charge in [0.2, 0.25) is 0 Å². The number of phenolic OH excluding ortho intramolecular Hbond substituents is 1. The Kier molecular flexibility index (Phi) is 3.47. The molecule has 7 heteroatoms. The molecule has 1 heterocycles. The molecule has 0 fully saturated rings. The highest BCUT2D eigenvalue weighted by Crippen LogP contribution is 2.29. The van der Waals surface area contributed by atoms with Gasteiger partial charge in [-0.05, 0) is 12.1 Å². The molecule has 1 unspecified atom stereocenters. The minimum atomic E-state index is -1.05. The summed E-state index contributed by atoms with van der Waals surface area (Å²) in [5.41, 5.74) is 0.294. The molecular formula is C11H10ClN3O3. The van der Waals surface area contributed by atoms with Crippen molar-refractivity contribution in [2.75, 3.05) is 0 Å². The zero-order valence-electron chi connectivity index (χ0n) is 9.19. The van der Waals surface area contributed by atoms with Crippen molar-refractivity contribution >= 4 is 17.6 Å². The van der Waals surface area contributed by atoms with E-state index in [1.807, 2.05) is 0 Å². The molecule has 0 radical (unpaired) electrons. The van der Waals surface area contributed by atoms with Crippen LogP contribution in [0.25, 0.3) is 0 Å². The average molecular weight is 268 g/mol. The van der Waals surface area contributed by atoms with Crippen LogP contribution in [0.4, 0.5) is 0 Å². The molecule has 0 aliphatic heterocycles. The lowest BCUT2D eigenvalue weighted by Crippen LogP contribution is -2.18. The SMILES string of the molecule is O=C(O)C(Cn1cncn1)c1ccc(Cl)cc1O. The number of carbonyl (C=O) groups is 1. The zero-order valence-corrected chi connectivity index (χ0v) is 9.95. The fourth-order valence-corrected chi connectivity index (χ4v) is 1.80. The molecule has 6 nitrogen and oxygen atoms in total. The first-order valence-corrected chi connectivity index (χ1v) is 5.49. The van der Waals surface area contributed by atoms with Gasteiger partial charge in [0.15, 0.2) is 0 Å². The van der Waals surface area contributed by atoms with Crippen molar-refractivity contribution in [3.05, 3.63) is 41.4 Å². The number of rotatable bonds is 4. The Morgan fingerprint density at radius 3 is 2.83 bits per heavy atom. The Labute approximate surface area is 107 Å². The number of hydrogen-bond donors (Lipinski definition) is 2.